The molecule has 246 valence electrons. The molecule has 0 heterocycles. The van der Waals surface area contributed by atoms with E-state index in [1.807, 2.05) is 58.0 Å². The number of hydrogen-bond acceptors (Lipinski definition) is 6. The first-order valence-corrected chi connectivity index (χ1v) is 13.8. The number of carbonyl (C=O) groups is 3. The Bertz CT molecular complexity index is 1360. The normalized spacial score (nSPS) is 10.5. The van der Waals surface area contributed by atoms with Gasteiger partial charge in [-0.2, -0.15) is 8.78 Å². The molecule has 0 amide bonds. The molecule has 45 heavy (non-hydrogen) atoms. The highest BCUT2D eigenvalue weighted by molar-refractivity contribution is 5.82. The number of benzene rings is 3. The molecule has 3 rings (SSSR count). The SMILES string of the molecule is CC(C)C(=O)COc1c(F)c(F)c(F)c(F)c1F.CC(C)C(=O)COc1ccc(F)cc1.CC(C)C(=O)COc1ccccc1. The summed E-state index contributed by atoms with van der Waals surface area (Å²) in [5, 5.41) is 0. The van der Waals surface area contributed by atoms with Crippen LogP contribution in [0.1, 0.15) is 41.5 Å². The monoisotopic (exact) mass is 642 g/mol. The number of hydrogen-bond donors (Lipinski definition) is 0. The van der Waals surface area contributed by atoms with Crippen LogP contribution < -0.4 is 14.2 Å². The molecule has 0 saturated heterocycles. The van der Waals surface area contributed by atoms with Crippen LogP contribution in [0.2, 0.25) is 0 Å². The van der Waals surface area contributed by atoms with Crippen molar-refractivity contribution in [3.63, 3.8) is 0 Å². The van der Waals surface area contributed by atoms with Crippen LogP contribution in [0.25, 0.3) is 0 Å². The van der Waals surface area contributed by atoms with Crippen molar-refractivity contribution in [3.8, 4) is 17.2 Å². The zero-order valence-corrected chi connectivity index (χ0v) is 25.8. The quantitative estimate of drug-likeness (QED) is 0.114. The minimum absolute atomic E-state index is 0.0320. The van der Waals surface area contributed by atoms with Crippen molar-refractivity contribution < 1.29 is 54.9 Å². The number of ketones is 3. The van der Waals surface area contributed by atoms with Crippen LogP contribution in [-0.2, 0) is 14.4 Å². The molecule has 3 aromatic carbocycles. The number of Topliss-reactive ketones (excluding diaryl/α,β-unsaturated/α-hetero) is 3. The fourth-order valence-corrected chi connectivity index (χ4v) is 2.71. The molecule has 0 aliphatic carbocycles. The Labute approximate surface area is 258 Å². The summed E-state index contributed by atoms with van der Waals surface area (Å²) in [6, 6.07) is 15.0. The number of rotatable bonds is 12. The second-order valence-corrected chi connectivity index (χ2v) is 10.4. The molecule has 0 N–H and O–H groups in total. The lowest BCUT2D eigenvalue weighted by Crippen LogP contribution is -2.18. The molecule has 0 atom stereocenters. The molecular weight excluding hydrogens is 606 g/mol. The first kappa shape index (κ1) is 38.7. The van der Waals surface area contributed by atoms with Gasteiger partial charge in [-0.05, 0) is 36.4 Å². The topological polar surface area (TPSA) is 78.9 Å². The first-order valence-electron chi connectivity index (χ1n) is 13.8. The molecule has 0 spiro atoms. The summed E-state index contributed by atoms with van der Waals surface area (Å²) < 4.78 is 91.7. The summed E-state index contributed by atoms with van der Waals surface area (Å²) in [6.45, 7) is 9.83. The van der Waals surface area contributed by atoms with E-state index in [0.29, 0.717) is 5.75 Å². The molecule has 0 unspecified atom stereocenters. The minimum Gasteiger partial charge on any atom is -0.486 e. The Morgan fingerprint density at radius 1 is 0.489 bits per heavy atom. The van der Waals surface area contributed by atoms with Gasteiger partial charge in [-0.25, -0.2) is 17.6 Å². The average Bonchev–Trinajstić information content (AvgIpc) is 3.02. The smallest absolute Gasteiger partial charge is 0.207 e. The van der Waals surface area contributed by atoms with E-state index in [2.05, 4.69) is 4.74 Å². The van der Waals surface area contributed by atoms with Gasteiger partial charge in [-0.3, -0.25) is 14.4 Å². The van der Waals surface area contributed by atoms with E-state index in [9.17, 15) is 40.7 Å². The summed E-state index contributed by atoms with van der Waals surface area (Å²) in [4.78, 5) is 33.5. The average molecular weight is 643 g/mol. The number of carbonyl (C=O) groups excluding carboxylic acids is 3. The molecule has 3 aromatic rings. The van der Waals surface area contributed by atoms with Gasteiger partial charge < -0.3 is 14.2 Å². The molecule has 6 nitrogen and oxygen atoms in total. The largest absolute Gasteiger partial charge is 0.486 e. The van der Waals surface area contributed by atoms with E-state index >= 15 is 0 Å². The zero-order valence-electron chi connectivity index (χ0n) is 25.8. The van der Waals surface area contributed by atoms with E-state index in [0.717, 1.165) is 5.75 Å². The fraction of sp³-hybridized carbons (Fsp3) is 0.364. The van der Waals surface area contributed by atoms with Gasteiger partial charge in [0.1, 0.15) is 37.1 Å². The van der Waals surface area contributed by atoms with E-state index in [4.69, 9.17) is 9.47 Å². The van der Waals surface area contributed by atoms with Crippen LogP contribution in [-0.4, -0.2) is 37.2 Å². The van der Waals surface area contributed by atoms with Gasteiger partial charge in [-0.15, -0.1) is 0 Å². The molecule has 0 aliphatic rings. The van der Waals surface area contributed by atoms with Crippen molar-refractivity contribution in [2.75, 3.05) is 19.8 Å². The maximum absolute atomic E-state index is 13.1. The lowest BCUT2D eigenvalue weighted by atomic mass is 10.1. The van der Waals surface area contributed by atoms with Crippen LogP contribution in [0, 0.1) is 52.7 Å². The Kier molecular flexibility index (Phi) is 16.4. The highest BCUT2D eigenvalue weighted by Crippen LogP contribution is 2.29. The zero-order chi connectivity index (χ0) is 34.3. The Balaban J connectivity index is 0.000000343. The highest BCUT2D eigenvalue weighted by atomic mass is 19.2. The van der Waals surface area contributed by atoms with Crippen molar-refractivity contribution in [3.05, 3.63) is 89.5 Å². The summed E-state index contributed by atoms with van der Waals surface area (Å²) in [6.07, 6.45) is 0. The summed E-state index contributed by atoms with van der Waals surface area (Å²) in [5.74, 6) is -12.0. The molecule has 12 heteroatoms. The van der Waals surface area contributed by atoms with Crippen molar-refractivity contribution in [2.45, 2.75) is 41.5 Å². The maximum atomic E-state index is 13.1. The molecule has 0 fully saturated rings. The van der Waals surface area contributed by atoms with Crippen molar-refractivity contribution in [2.24, 2.45) is 17.8 Å². The second kappa shape index (κ2) is 19.1. The number of ether oxygens (including phenoxy) is 3. The van der Waals surface area contributed by atoms with Crippen LogP contribution in [0.4, 0.5) is 26.3 Å². The lowest BCUT2D eigenvalue weighted by molar-refractivity contribution is -0.124. The van der Waals surface area contributed by atoms with E-state index in [-0.39, 0.29) is 42.4 Å². The Morgan fingerprint density at radius 3 is 1.20 bits per heavy atom. The van der Waals surface area contributed by atoms with Crippen LogP contribution >= 0.6 is 0 Å². The number of para-hydroxylation sites is 1. The van der Waals surface area contributed by atoms with Gasteiger partial charge in [0.2, 0.25) is 29.1 Å². The Hall–Kier alpha value is -4.35. The summed E-state index contributed by atoms with van der Waals surface area (Å²) >= 11 is 0. The minimum atomic E-state index is -2.27. The molecule has 0 aliphatic heterocycles. The van der Waals surface area contributed by atoms with E-state index < -0.39 is 53.1 Å². The van der Waals surface area contributed by atoms with Gasteiger partial charge in [0.25, 0.3) is 0 Å². The van der Waals surface area contributed by atoms with Crippen molar-refractivity contribution in [1.82, 2.24) is 0 Å². The molecule has 0 bridgehead atoms. The molecule has 0 saturated carbocycles. The summed E-state index contributed by atoms with van der Waals surface area (Å²) in [7, 11) is 0. The standard InChI is InChI=1S/C11H9F5O2.C11H13FO2.C11H14O2/c1-4(2)5(17)3-18-11-9(15)7(13)6(12)8(14)10(11)16;1-8(2)11(13)7-14-10-5-3-9(12)4-6-10;1-9(2)11(12)8-13-10-6-4-3-5-7-10/h4H,3H2,1-2H3;3-6,8H,7H2,1-2H3;3-7,9H,8H2,1-2H3. The highest BCUT2D eigenvalue weighted by Gasteiger charge is 2.27. The van der Waals surface area contributed by atoms with Crippen LogP contribution in [0.3, 0.4) is 0 Å². The fourth-order valence-electron chi connectivity index (χ4n) is 2.71. The van der Waals surface area contributed by atoms with Crippen molar-refractivity contribution in [1.29, 1.82) is 0 Å². The van der Waals surface area contributed by atoms with Gasteiger partial charge in [0.05, 0.1) is 0 Å². The van der Waals surface area contributed by atoms with Gasteiger partial charge in [0, 0.05) is 17.8 Å². The van der Waals surface area contributed by atoms with Crippen LogP contribution in [0.15, 0.2) is 54.6 Å². The van der Waals surface area contributed by atoms with Gasteiger partial charge >= 0.3 is 0 Å². The third kappa shape index (κ3) is 13.4. The third-order valence-corrected chi connectivity index (χ3v) is 5.78. The Morgan fingerprint density at radius 2 is 0.822 bits per heavy atom. The van der Waals surface area contributed by atoms with Gasteiger partial charge in [0.15, 0.2) is 23.1 Å². The van der Waals surface area contributed by atoms with Crippen LogP contribution in [0.5, 0.6) is 17.2 Å². The molecule has 0 aromatic heterocycles. The van der Waals surface area contributed by atoms with E-state index in [1.165, 1.54) is 38.1 Å². The summed E-state index contributed by atoms with van der Waals surface area (Å²) in [5.41, 5.74) is 0. The molecular formula is C33H36F6O6. The predicted octanol–water partition coefficient (Wildman–Crippen LogP) is 7.71. The second-order valence-electron chi connectivity index (χ2n) is 10.4. The predicted molar refractivity (Wildman–Crippen MR) is 155 cm³/mol. The first-order chi connectivity index (χ1) is 21.1. The van der Waals surface area contributed by atoms with Crippen molar-refractivity contribution >= 4 is 17.3 Å². The number of halogens is 6. The molecule has 0 radical (unpaired) electrons. The maximum Gasteiger partial charge on any atom is 0.207 e. The van der Waals surface area contributed by atoms with E-state index in [1.54, 1.807) is 0 Å². The third-order valence-electron chi connectivity index (χ3n) is 5.78. The van der Waals surface area contributed by atoms with Gasteiger partial charge in [-0.1, -0.05) is 59.7 Å². The lowest BCUT2D eigenvalue weighted by Gasteiger charge is -2.10.